The molecule has 0 atom stereocenters. The fourth-order valence-corrected chi connectivity index (χ4v) is 3.44. The monoisotopic (exact) mass is 386 g/mol. The summed E-state index contributed by atoms with van der Waals surface area (Å²) in [5.41, 5.74) is 1.71. The van der Waals surface area contributed by atoms with Crippen LogP contribution in [0, 0.1) is 0 Å². The van der Waals surface area contributed by atoms with Crippen LogP contribution in [0.5, 0.6) is 5.75 Å². The summed E-state index contributed by atoms with van der Waals surface area (Å²) in [6, 6.07) is 10.9. The Hall–Kier alpha value is -2.64. The highest BCUT2D eigenvalue weighted by molar-refractivity contribution is 7.14. The quantitative estimate of drug-likeness (QED) is 0.731. The summed E-state index contributed by atoms with van der Waals surface area (Å²) < 4.78 is 5.80. The van der Waals surface area contributed by atoms with Crippen LogP contribution in [-0.2, 0) is 0 Å². The molecule has 4 rings (SSSR count). The molecule has 3 heterocycles. The van der Waals surface area contributed by atoms with E-state index in [1.54, 1.807) is 23.4 Å². The van der Waals surface area contributed by atoms with Gasteiger partial charge in [-0.05, 0) is 24.3 Å². The fourth-order valence-electron chi connectivity index (χ4n) is 2.55. The zero-order chi connectivity index (χ0) is 17.9. The number of nitrogens with zero attached hydrogens (tertiary/aromatic N) is 3. The minimum atomic E-state index is -0.184. The number of hydrogen-bond acceptors (Lipinski definition) is 5. The number of anilines is 1. The number of urea groups is 1. The number of amides is 2. The van der Waals surface area contributed by atoms with Crippen LogP contribution in [0.15, 0.2) is 54.2 Å². The standard InChI is InChI=1S/C18H15ClN4O2S/c19-14-5-1-2-6-16(14)25-13-9-23(10-13)18(24)22-17-21-15(11-26-17)12-4-3-7-20-8-12/h1-8,11,13H,9-10H2,(H,21,22,24). The van der Waals surface area contributed by atoms with E-state index < -0.39 is 0 Å². The Morgan fingerprint density at radius 2 is 2.12 bits per heavy atom. The molecule has 2 amide bonds. The zero-order valence-electron chi connectivity index (χ0n) is 13.6. The lowest BCUT2D eigenvalue weighted by atomic mass is 10.2. The van der Waals surface area contributed by atoms with Crippen LogP contribution >= 0.6 is 22.9 Å². The molecule has 1 aromatic carbocycles. The Morgan fingerprint density at radius 1 is 1.27 bits per heavy atom. The number of thiazole rings is 1. The summed E-state index contributed by atoms with van der Waals surface area (Å²) in [6.07, 6.45) is 3.40. The maximum absolute atomic E-state index is 12.3. The van der Waals surface area contributed by atoms with Crippen LogP contribution in [-0.4, -0.2) is 40.1 Å². The van der Waals surface area contributed by atoms with Gasteiger partial charge in [0.15, 0.2) is 5.13 Å². The molecule has 1 aliphatic rings. The van der Waals surface area contributed by atoms with Gasteiger partial charge in [0, 0.05) is 23.3 Å². The Bertz CT molecular complexity index is 912. The van der Waals surface area contributed by atoms with Crippen molar-refractivity contribution in [1.82, 2.24) is 14.9 Å². The van der Waals surface area contributed by atoms with Crippen molar-refractivity contribution >= 4 is 34.1 Å². The van der Waals surface area contributed by atoms with E-state index in [2.05, 4.69) is 15.3 Å². The van der Waals surface area contributed by atoms with E-state index in [0.29, 0.717) is 29.0 Å². The third-order valence-corrected chi connectivity index (χ3v) is 5.01. The number of aromatic nitrogens is 2. The Balaban J connectivity index is 1.30. The fraction of sp³-hybridized carbons (Fsp3) is 0.167. The number of ether oxygens (including phenoxy) is 1. The molecule has 2 aromatic heterocycles. The van der Waals surface area contributed by atoms with Gasteiger partial charge in [-0.2, -0.15) is 0 Å². The molecule has 26 heavy (non-hydrogen) atoms. The number of halogens is 1. The molecule has 0 aliphatic carbocycles. The molecule has 1 fully saturated rings. The number of carbonyl (C=O) groups is 1. The maximum atomic E-state index is 12.3. The number of carbonyl (C=O) groups excluding carboxylic acids is 1. The molecule has 0 spiro atoms. The first-order chi connectivity index (χ1) is 12.7. The van der Waals surface area contributed by atoms with Gasteiger partial charge in [0.25, 0.3) is 0 Å². The lowest BCUT2D eigenvalue weighted by Gasteiger charge is -2.38. The predicted octanol–water partition coefficient (Wildman–Crippen LogP) is 4.15. The molecule has 8 heteroatoms. The van der Waals surface area contributed by atoms with Crippen LogP contribution in [0.3, 0.4) is 0 Å². The number of benzene rings is 1. The third-order valence-electron chi connectivity index (χ3n) is 3.94. The Morgan fingerprint density at radius 3 is 2.88 bits per heavy atom. The summed E-state index contributed by atoms with van der Waals surface area (Å²) in [5.74, 6) is 0.639. The highest BCUT2D eigenvalue weighted by Gasteiger charge is 2.33. The van der Waals surface area contributed by atoms with Gasteiger partial charge < -0.3 is 9.64 Å². The van der Waals surface area contributed by atoms with E-state index in [1.807, 2.05) is 35.7 Å². The first-order valence-electron chi connectivity index (χ1n) is 8.02. The Kier molecular flexibility index (Phi) is 4.73. The van der Waals surface area contributed by atoms with Gasteiger partial charge in [-0.3, -0.25) is 10.3 Å². The number of hydrogen-bond donors (Lipinski definition) is 1. The summed E-state index contributed by atoms with van der Waals surface area (Å²) in [5, 5.41) is 5.85. The molecule has 132 valence electrons. The van der Waals surface area contributed by atoms with E-state index in [1.165, 1.54) is 11.3 Å². The Labute approximate surface area is 159 Å². The van der Waals surface area contributed by atoms with Crippen molar-refractivity contribution in [1.29, 1.82) is 0 Å². The lowest BCUT2D eigenvalue weighted by molar-refractivity contribution is 0.0494. The number of para-hydroxylation sites is 1. The van der Waals surface area contributed by atoms with Crippen molar-refractivity contribution in [3.8, 4) is 17.0 Å². The van der Waals surface area contributed by atoms with Crippen LogP contribution in [0.1, 0.15) is 0 Å². The average Bonchev–Trinajstić information content (AvgIpc) is 3.08. The summed E-state index contributed by atoms with van der Waals surface area (Å²) in [6.45, 7) is 1.02. The molecule has 1 N–H and O–H groups in total. The van der Waals surface area contributed by atoms with Gasteiger partial charge in [0.1, 0.15) is 11.9 Å². The van der Waals surface area contributed by atoms with Gasteiger partial charge in [-0.25, -0.2) is 9.78 Å². The number of nitrogens with one attached hydrogen (secondary N) is 1. The summed E-state index contributed by atoms with van der Waals surface area (Å²) in [7, 11) is 0. The van der Waals surface area contributed by atoms with Crippen molar-refractivity contribution < 1.29 is 9.53 Å². The number of likely N-dealkylation sites (tertiary alicyclic amines) is 1. The van der Waals surface area contributed by atoms with Gasteiger partial charge in [0.2, 0.25) is 0 Å². The first kappa shape index (κ1) is 16.8. The van der Waals surface area contributed by atoms with Crippen molar-refractivity contribution in [3.63, 3.8) is 0 Å². The molecule has 0 unspecified atom stereocenters. The predicted molar refractivity (Wildman–Crippen MR) is 102 cm³/mol. The van der Waals surface area contributed by atoms with E-state index in [4.69, 9.17) is 16.3 Å². The SMILES string of the molecule is O=C(Nc1nc(-c2cccnc2)cs1)N1CC(Oc2ccccc2Cl)C1. The second-order valence-corrected chi connectivity index (χ2v) is 7.05. The van der Waals surface area contributed by atoms with Crippen LogP contribution < -0.4 is 10.1 Å². The van der Waals surface area contributed by atoms with Crippen LogP contribution in [0.2, 0.25) is 5.02 Å². The van der Waals surface area contributed by atoms with Crippen molar-refractivity contribution in [2.45, 2.75) is 6.10 Å². The van der Waals surface area contributed by atoms with E-state index in [-0.39, 0.29) is 12.1 Å². The highest BCUT2D eigenvalue weighted by Crippen LogP contribution is 2.27. The normalized spacial score (nSPS) is 14.0. The lowest BCUT2D eigenvalue weighted by Crippen LogP contribution is -2.57. The van der Waals surface area contributed by atoms with Crippen molar-refractivity contribution in [2.75, 3.05) is 18.4 Å². The maximum Gasteiger partial charge on any atom is 0.323 e. The molecule has 1 saturated heterocycles. The zero-order valence-corrected chi connectivity index (χ0v) is 15.2. The number of pyridine rings is 1. The highest BCUT2D eigenvalue weighted by atomic mass is 35.5. The topological polar surface area (TPSA) is 67.4 Å². The van der Waals surface area contributed by atoms with Crippen LogP contribution in [0.25, 0.3) is 11.3 Å². The first-order valence-corrected chi connectivity index (χ1v) is 9.28. The third kappa shape index (κ3) is 3.63. The second kappa shape index (κ2) is 7.31. The average molecular weight is 387 g/mol. The summed E-state index contributed by atoms with van der Waals surface area (Å²) in [4.78, 5) is 22.5. The van der Waals surface area contributed by atoms with E-state index in [9.17, 15) is 4.79 Å². The second-order valence-electron chi connectivity index (χ2n) is 5.79. The smallest absolute Gasteiger partial charge is 0.323 e. The molecule has 0 saturated carbocycles. The van der Waals surface area contributed by atoms with Crippen molar-refractivity contribution in [2.24, 2.45) is 0 Å². The van der Waals surface area contributed by atoms with E-state index >= 15 is 0 Å². The van der Waals surface area contributed by atoms with Crippen molar-refractivity contribution in [3.05, 3.63) is 59.2 Å². The number of rotatable bonds is 4. The minimum Gasteiger partial charge on any atom is -0.485 e. The largest absolute Gasteiger partial charge is 0.485 e. The van der Waals surface area contributed by atoms with Crippen LogP contribution in [0.4, 0.5) is 9.93 Å². The molecule has 6 nitrogen and oxygen atoms in total. The van der Waals surface area contributed by atoms with E-state index in [0.717, 1.165) is 11.3 Å². The van der Waals surface area contributed by atoms with Gasteiger partial charge >= 0.3 is 6.03 Å². The minimum absolute atomic E-state index is 0.0529. The molecular weight excluding hydrogens is 372 g/mol. The molecule has 1 aliphatic heterocycles. The molecule has 3 aromatic rings. The van der Waals surface area contributed by atoms with Gasteiger partial charge in [-0.1, -0.05) is 23.7 Å². The summed E-state index contributed by atoms with van der Waals surface area (Å²) >= 11 is 7.46. The van der Waals surface area contributed by atoms with Gasteiger partial charge in [-0.15, -0.1) is 11.3 Å². The molecule has 0 bridgehead atoms. The molecular formula is C18H15ClN4O2S. The molecule has 0 radical (unpaired) electrons. The van der Waals surface area contributed by atoms with Gasteiger partial charge in [0.05, 0.1) is 23.8 Å².